The number of benzene rings is 1. The molecule has 2 N–H and O–H groups in total. The fourth-order valence-electron chi connectivity index (χ4n) is 1.83. The van der Waals surface area contributed by atoms with Crippen LogP contribution in [-0.2, 0) is 13.1 Å². The fraction of sp³-hybridized carbons (Fsp3) is 0.167. The van der Waals surface area contributed by atoms with E-state index in [1.54, 1.807) is 21.8 Å². The summed E-state index contributed by atoms with van der Waals surface area (Å²) in [4.78, 5) is 0. The quantitative estimate of drug-likeness (QED) is 0.735. The summed E-state index contributed by atoms with van der Waals surface area (Å²) < 4.78 is 3.47. The van der Waals surface area contributed by atoms with Crippen molar-refractivity contribution in [1.29, 1.82) is 0 Å². The Kier molecular flexibility index (Phi) is 2.93. The van der Waals surface area contributed by atoms with Gasteiger partial charge in [-0.2, -0.15) is 5.10 Å². The van der Waals surface area contributed by atoms with Gasteiger partial charge in [0, 0.05) is 6.20 Å². The van der Waals surface area contributed by atoms with Crippen LogP contribution >= 0.6 is 0 Å². The molecule has 0 aliphatic carbocycles. The van der Waals surface area contributed by atoms with Crippen molar-refractivity contribution in [2.45, 2.75) is 13.1 Å². The minimum atomic E-state index is 0.497. The van der Waals surface area contributed by atoms with Gasteiger partial charge in [-0.25, -0.2) is 4.68 Å². The molecule has 0 saturated carbocycles. The van der Waals surface area contributed by atoms with E-state index in [2.05, 4.69) is 20.6 Å². The van der Waals surface area contributed by atoms with Gasteiger partial charge in [-0.3, -0.25) is 4.68 Å². The summed E-state index contributed by atoms with van der Waals surface area (Å²) in [6.07, 6.45) is 3.35. The highest BCUT2D eigenvalue weighted by Crippen LogP contribution is 2.05. The minimum Gasteiger partial charge on any atom is -0.396 e. The Morgan fingerprint density at radius 2 is 1.95 bits per heavy atom. The van der Waals surface area contributed by atoms with E-state index in [-0.39, 0.29) is 0 Å². The summed E-state index contributed by atoms with van der Waals surface area (Å²) in [5.74, 6) is 0.743. The monoisotopic (exact) mass is 255 g/mol. The number of nitrogens with zero attached hydrogens (tertiary/aromatic N) is 6. The normalized spacial score (nSPS) is 10.7. The molecule has 3 rings (SSSR count). The molecule has 0 aliphatic heterocycles. The van der Waals surface area contributed by atoms with Gasteiger partial charge in [0.15, 0.2) is 5.82 Å². The first kappa shape index (κ1) is 11.4. The van der Waals surface area contributed by atoms with E-state index in [1.807, 2.05) is 30.3 Å². The first-order valence-electron chi connectivity index (χ1n) is 5.88. The molecule has 2 aromatic heterocycles. The number of hydrogen-bond acceptors (Lipinski definition) is 5. The summed E-state index contributed by atoms with van der Waals surface area (Å²) >= 11 is 0. The van der Waals surface area contributed by atoms with Crippen molar-refractivity contribution >= 4 is 5.69 Å². The Balaban J connectivity index is 1.79. The van der Waals surface area contributed by atoms with Crippen LogP contribution in [0.5, 0.6) is 0 Å². The molecular formula is C12H13N7. The van der Waals surface area contributed by atoms with Gasteiger partial charge < -0.3 is 5.73 Å². The second kappa shape index (κ2) is 4.89. The lowest BCUT2D eigenvalue weighted by Gasteiger charge is -2.04. The van der Waals surface area contributed by atoms with Gasteiger partial charge >= 0.3 is 0 Å². The first-order chi connectivity index (χ1) is 9.31. The molecule has 1 aromatic carbocycles. The maximum atomic E-state index is 5.63. The molecule has 3 aromatic rings. The zero-order chi connectivity index (χ0) is 13.1. The summed E-state index contributed by atoms with van der Waals surface area (Å²) in [5, 5.41) is 15.8. The molecule has 0 radical (unpaired) electrons. The third-order valence-electron chi connectivity index (χ3n) is 2.74. The van der Waals surface area contributed by atoms with Crippen LogP contribution in [0.3, 0.4) is 0 Å². The zero-order valence-electron chi connectivity index (χ0n) is 10.2. The molecule has 7 nitrogen and oxygen atoms in total. The van der Waals surface area contributed by atoms with Gasteiger partial charge in [-0.1, -0.05) is 30.3 Å². The molecule has 7 heteroatoms. The van der Waals surface area contributed by atoms with Gasteiger partial charge in [0.2, 0.25) is 0 Å². The van der Waals surface area contributed by atoms with E-state index in [1.165, 1.54) is 0 Å². The van der Waals surface area contributed by atoms with Crippen LogP contribution < -0.4 is 5.73 Å². The summed E-state index contributed by atoms with van der Waals surface area (Å²) in [7, 11) is 0. The van der Waals surface area contributed by atoms with Gasteiger partial charge in [-0.05, 0) is 16.0 Å². The van der Waals surface area contributed by atoms with Crippen LogP contribution in [0.2, 0.25) is 0 Å². The Hall–Kier alpha value is -2.70. The molecule has 0 atom stereocenters. The average Bonchev–Trinajstić information content (AvgIpc) is 3.01. The molecule has 0 unspecified atom stereocenters. The van der Waals surface area contributed by atoms with Gasteiger partial charge in [-0.15, -0.1) is 5.10 Å². The second-order valence-electron chi connectivity index (χ2n) is 4.21. The third-order valence-corrected chi connectivity index (χ3v) is 2.74. The largest absolute Gasteiger partial charge is 0.396 e. The standard InChI is InChI=1S/C12H13N7/c13-11-6-14-18(8-11)9-12-15-16-17-19(12)7-10-4-2-1-3-5-10/h1-6,8H,7,9,13H2. The van der Waals surface area contributed by atoms with Crippen molar-refractivity contribution in [2.75, 3.05) is 5.73 Å². The van der Waals surface area contributed by atoms with E-state index in [9.17, 15) is 0 Å². The fourth-order valence-corrected chi connectivity index (χ4v) is 1.83. The number of tetrazole rings is 1. The first-order valence-corrected chi connectivity index (χ1v) is 5.88. The molecule has 0 aliphatic rings. The molecule has 0 amide bonds. The predicted molar refractivity (Wildman–Crippen MR) is 69.1 cm³/mol. The maximum absolute atomic E-state index is 5.63. The van der Waals surface area contributed by atoms with Crippen LogP contribution in [0.4, 0.5) is 5.69 Å². The van der Waals surface area contributed by atoms with Crippen molar-refractivity contribution < 1.29 is 0 Å². The van der Waals surface area contributed by atoms with E-state index >= 15 is 0 Å². The van der Waals surface area contributed by atoms with Gasteiger partial charge in [0.05, 0.1) is 18.4 Å². The number of aromatic nitrogens is 6. The molecule has 0 saturated heterocycles. The maximum Gasteiger partial charge on any atom is 0.173 e. The Labute approximate surface area is 109 Å². The topological polar surface area (TPSA) is 87.4 Å². The highest BCUT2D eigenvalue weighted by molar-refractivity contribution is 5.30. The smallest absolute Gasteiger partial charge is 0.173 e. The van der Waals surface area contributed by atoms with Gasteiger partial charge in [0.25, 0.3) is 0 Å². The predicted octanol–water partition coefficient (Wildman–Crippen LogP) is 0.548. The molecule has 0 bridgehead atoms. The lowest BCUT2D eigenvalue weighted by Crippen LogP contribution is -2.11. The third kappa shape index (κ3) is 2.59. The van der Waals surface area contributed by atoms with Crippen LogP contribution in [0.1, 0.15) is 11.4 Å². The summed E-state index contributed by atoms with van der Waals surface area (Å²) in [5.41, 5.74) is 7.40. The molecule has 0 spiro atoms. The van der Waals surface area contributed by atoms with Crippen LogP contribution in [0, 0.1) is 0 Å². The van der Waals surface area contributed by atoms with Crippen molar-refractivity contribution in [2.24, 2.45) is 0 Å². The van der Waals surface area contributed by atoms with E-state index in [0.29, 0.717) is 18.8 Å². The lowest BCUT2D eigenvalue weighted by molar-refractivity contribution is 0.575. The summed E-state index contributed by atoms with van der Waals surface area (Å²) in [6.45, 7) is 1.14. The molecular weight excluding hydrogens is 242 g/mol. The summed E-state index contributed by atoms with van der Waals surface area (Å²) in [6, 6.07) is 10.0. The Bertz CT molecular complexity index is 656. The van der Waals surface area contributed by atoms with E-state index in [0.717, 1.165) is 11.4 Å². The number of anilines is 1. The molecule has 0 fully saturated rings. The minimum absolute atomic E-state index is 0.497. The van der Waals surface area contributed by atoms with E-state index < -0.39 is 0 Å². The van der Waals surface area contributed by atoms with Crippen LogP contribution in [-0.4, -0.2) is 30.0 Å². The second-order valence-corrected chi connectivity index (χ2v) is 4.21. The highest BCUT2D eigenvalue weighted by atomic mass is 15.5. The molecule has 2 heterocycles. The molecule has 19 heavy (non-hydrogen) atoms. The van der Waals surface area contributed by atoms with Crippen LogP contribution in [0.15, 0.2) is 42.7 Å². The Morgan fingerprint density at radius 1 is 1.11 bits per heavy atom. The van der Waals surface area contributed by atoms with Crippen molar-refractivity contribution in [3.8, 4) is 0 Å². The highest BCUT2D eigenvalue weighted by Gasteiger charge is 2.08. The zero-order valence-corrected chi connectivity index (χ0v) is 10.2. The van der Waals surface area contributed by atoms with Crippen molar-refractivity contribution in [3.63, 3.8) is 0 Å². The number of nitrogens with two attached hydrogens (primary N) is 1. The van der Waals surface area contributed by atoms with Crippen molar-refractivity contribution in [3.05, 3.63) is 54.1 Å². The average molecular weight is 255 g/mol. The Morgan fingerprint density at radius 3 is 2.68 bits per heavy atom. The lowest BCUT2D eigenvalue weighted by atomic mass is 10.2. The van der Waals surface area contributed by atoms with E-state index in [4.69, 9.17) is 5.73 Å². The number of nitrogen functional groups attached to an aromatic ring is 1. The molecule has 96 valence electrons. The van der Waals surface area contributed by atoms with Crippen molar-refractivity contribution in [1.82, 2.24) is 30.0 Å². The SMILES string of the molecule is Nc1cnn(Cc2nnnn2Cc2ccccc2)c1. The van der Waals surface area contributed by atoms with Gasteiger partial charge in [0.1, 0.15) is 6.54 Å². The number of rotatable bonds is 4. The number of hydrogen-bond donors (Lipinski definition) is 1. The van der Waals surface area contributed by atoms with Crippen LogP contribution in [0.25, 0.3) is 0 Å².